The Morgan fingerprint density at radius 3 is 2.55 bits per heavy atom. The van der Waals surface area contributed by atoms with Gasteiger partial charge in [0.15, 0.2) is 0 Å². The zero-order chi connectivity index (χ0) is 8.10. The molecule has 1 heterocycles. The first kappa shape index (κ1) is 9.30. The predicted octanol–water partition coefficient (Wildman–Crippen LogP) is -0.554. The van der Waals surface area contributed by atoms with Crippen LogP contribution in [-0.2, 0) is 0 Å². The van der Waals surface area contributed by atoms with Crippen molar-refractivity contribution in [1.82, 2.24) is 4.90 Å². The molecule has 1 aliphatic heterocycles. The van der Waals surface area contributed by atoms with Crippen molar-refractivity contribution in [3.8, 4) is 0 Å². The Balaban J connectivity index is 2.07. The Labute approximate surface area is 74.1 Å². The van der Waals surface area contributed by atoms with Crippen molar-refractivity contribution in [3.63, 3.8) is 0 Å². The zero-order valence-electron chi connectivity index (χ0n) is 7.27. The molecule has 0 aromatic rings. The minimum absolute atomic E-state index is 0.805. The summed E-state index contributed by atoms with van der Waals surface area (Å²) >= 11 is 5.62. The Morgan fingerprint density at radius 2 is 2.00 bits per heavy atom. The fourth-order valence-corrected chi connectivity index (χ4v) is 1.56. The Morgan fingerprint density at radius 1 is 1.36 bits per heavy atom. The molecule has 0 radical (unpaired) electrons. The number of quaternary nitrogens is 1. The van der Waals surface area contributed by atoms with Crippen molar-refractivity contribution in [1.29, 1.82) is 0 Å². The van der Waals surface area contributed by atoms with E-state index in [1.807, 2.05) is 0 Å². The van der Waals surface area contributed by atoms with Gasteiger partial charge in [-0.05, 0) is 13.0 Å². The maximum Gasteiger partial charge on any atom is 0.0898 e. The molecular weight excluding hydrogens is 160 g/mol. The van der Waals surface area contributed by atoms with E-state index in [0.29, 0.717) is 0 Å². The van der Waals surface area contributed by atoms with Gasteiger partial charge in [-0.1, -0.05) is 0 Å². The Hall–Kier alpha value is 0.210. The first-order valence-corrected chi connectivity index (χ1v) is 4.96. The molecule has 0 saturated carbocycles. The lowest BCUT2D eigenvalue weighted by atomic mass is 10.3. The summed E-state index contributed by atoms with van der Waals surface area (Å²) in [7, 11) is 2.26. The van der Waals surface area contributed by atoms with Crippen LogP contribution >= 0.6 is 11.6 Å². The van der Waals surface area contributed by atoms with E-state index in [-0.39, 0.29) is 0 Å². The average Bonchev–Trinajstić information content (AvgIpc) is 2.04. The minimum Gasteiger partial charge on any atom is -0.335 e. The maximum atomic E-state index is 5.62. The molecule has 1 fully saturated rings. The smallest absolute Gasteiger partial charge is 0.0898 e. The Kier molecular flexibility index (Phi) is 4.20. The summed E-state index contributed by atoms with van der Waals surface area (Å²) < 4.78 is 0. The summed E-state index contributed by atoms with van der Waals surface area (Å²) in [4.78, 5) is 4.17. The van der Waals surface area contributed by atoms with Crippen LogP contribution in [0.3, 0.4) is 0 Å². The molecule has 66 valence electrons. The van der Waals surface area contributed by atoms with Gasteiger partial charge in [-0.3, -0.25) is 4.90 Å². The highest BCUT2D eigenvalue weighted by Crippen LogP contribution is 1.93. The second-order valence-corrected chi connectivity index (χ2v) is 3.72. The standard InChI is InChI=1S/C8H17ClN2/c1-10-5-7-11(8-6-10)4-2-3-9/h2-8H2,1H3/p+1. The lowest BCUT2D eigenvalue weighted by Crippen LogP contribution is -3.11. The van der Waals surface area contributed by atoms with E-state index in [9.17, 15) is 0 Å². The molecule has 3 heteroatoms. The van der Waals surface area contributed by atoms with Crippen molar-refractivity contribution in [3.05, 3.63) is 0 Å². The molecule has 0 aromatic heterocycles. The first-order chi connectivity index (χ1) is 5.33. The normalized spacial score (nSPS) is 22.4. The number of likely N-dealkylation sites (N-methyl/N-ethyl adjacent to an activating group) is 1. The third-order valence-electron chi connectivity index (χ3n) is 2.32. The third kappa shape index (κ3) is 3.41. The first-order valence-electron chi connectivity index (χ1n) is 4.42. The van der Waals surface area contributed by atoms with Crippen LogP contribution in [0.5, 0.6) is 0 Å². The number of nitrogens with one attached hydrogen (secondary N) is 1. The lowest BCUT2D eigenvalue weighted by Gasteiger charge is -2.29. The highest BCUT2D eigenvalue weighted by molar-refractivity contribution is 6.17. The van der Waals surface area contributed by atoms with Gasteiger partial charge < -0.3 is 4.90 Å². The fourth-order valence-electron chi connectivity index (χ4n) is 1.44. The number of nitrogens with zero attached hydrogens (tertiary/aromatic N) is 1. The second-order valence-electron chi connectivity index (χ2n) is 3.34. The summed E-state index contributed by atoms with van der Waals surface area (Å²) in [6.07, 6.45) is 1.14. The second kappa shape index (κ2) is 4.96. The molecule has 11 heavy (non-hydrogen) atoms. The van der Waals surface area contributed by atoms with E-state index in [1.54, 1.807) is 4.90 Å². The molecule has 0 bridgehead atoms. The van der Waals surface area contributed by atoms with Gasteiger partial charge in [-0.15, -0.1) is 11.6 Å². The number of rotatable bonds is 3. The molecule has 1 saturated heterocycles. The van der Waals surface area contributed by atoms with Gasteiger partial charge >= 0.3 is 0 Å². The van der Waals surface area contributed by atoms with Crippen molar-refractivity contribution < 1.29 is 4.90 Å². The number of piperazine rings is 1. The number of hydrogen-bond acceptors (Lipinski definition) is 1. The average molecular weight is 178 g/mol. The van der Waals surface area contributed by atoms with Crippen LogP contribution in [0.2, 0.25) is 0 Å². The molecule has 0 aromatic carbocycles. The predicted molar refractivity (Wildman–Crippen MR) is 48.4 cm³/mol. The highest BCUT2D eigenvalue weighted by atomic mass is 35.5. The molecule has 0 aliphatic carbocycles. The van der Waals surface area contributed by atoms with Crippen LogP contribution < -0.4 is 4.90 Å². The van der Waals surface area contributed by atoms with Gasteiger partial charge in [-0.2, -0.15) is 0 Å². The fraction of sp³-hybridized carbons (Fsp3) is 1.00. The van der Waals surface area contributed by atoms with Crippen molar-refractivity contribution >= 4 is 11.6 Å². The van der Waals surface area contributed by atoms with E-state index in [0.717, 1.165) is 12.3 Å². The number of alkyl halides is 1. The summed E-state index contributed by atoms with van der Waals surface area (Å²) in [5.41, 5.74) is 0. The minimum atomic E-state index is 0.805. The van der Waals surface area contributed by atoms with E-state index < -0.39 is 0 Å². The Bertz CT molecular complexity index is 97.5. The molecule has 0 atom stereocenters. The molecule has 1 aliphatic rings. The molecule has 0 spiro atoms. The van der Waals surface area contributed by atoms with E-state index in [4.69, 9.17) is 11.6 Å². The number of hydrogen-bond donors (Lipinski definition) is 1. The van der Waals surface area contributed by atoms with Crippen LogP contribution in [-0.4, -0.2) is 50.6 Å². The molecule has 0 unspecified atom stereocenters. The van der Waals surface area contributed by atoms with Gasteiger partial charge in [0.05, 0.1) is 20.1 Å². The van der Waals surface area contributed by atoms with E-state index in [1.165, 1.54) is 32.7 Å². The molecule has 2 nitrogen and oxygen atoms in total. The SMILES string of the molecule is C[NH+]1CCN(CCCCl)CC1. The molecule has 1 rings (SSSR count). The van der Waals surface area contributed by atoms with Crippen LogP contribution in [0.25, 0.3) is 0 Å². The number of halogens is 1. The largest absolute Gasteiger partial charge is 0.335 e. The van der Waals surface area contributed by atoms with Crippen LogP contribution in [0.1, 0.15) is 6.42 Å². The molecule has 0 amide bonds. The highest BCUT2D eigenvalue weighted by Gasteiger charge is 2.14. The van der Waals surface area contributed by atoms with Gasteiger partial charge in [0.25, 0.3) is 0 Å². The monoisotopic (exact) mass is 177 g/mol. The van der Waals surface area contributed by atoms with Crippen molar-refractivity contribution in [2.45, 2.75) is 6.42 Å². The van der Waals surface area contributed by atoms with Crippen molar-refractivity contribution in [2.24, 2.45) is 0 Å². The van der Waals surface area contributed by atoms with Crippen LogP contribution in [0.4, 0.5) is 0 Å². The van der Waals surface area contributed by atoms with Gasteiger partial charge in [-0.25, -0.2) is 0 Å². The maximum absolute atomic E-state index is 5.62. The van der Waals surface area contributed by atoms with E-state index in [2.05, 4.69) is 11.9 Å². The van der Waals surface area contributed by atoms with Gasteiger partial charge in [0.2, 0.25) is 0 Å². The molecule has 1 N–H and O–H groups in total. The van der Waals surface area contributed by atoms with Crippen LogP contribution in [0.15, 0.2) is 0 Å². The third-order valence-corrected chi connectivity index (χ3v) is 2.58. The zero-order valence-corrected chi connectivity index (χ0v) is 8.03. The topological polar surface area (TPSA) is 7.68 Å². The summed E-state index contributed by atoms with van der Waals surface area (Å²) in [5, 5.41) is 0. The summed E-state index contributed by atoms with van der Waals surface area (Å²) in [6, 6.07) is 0. The quantitative estimate of drug-likeness (QED) is 0.569. The van der Waals surface area contributed by atoms with E-state index >= 15 is 0 Å². The molecular formula is C8H18ClN2+. The lowest BCUT2D eigenvalue weighted by molar-refractivity contribution is -0.884. The van der Waals surface area contributed by atoms with Gasteiger partial charge in [0.1, 0.15) is 0 Å². The summed E-state index contributed by atoms with van der Waals surface area (Å²) in [5.74, 6) is 0.805. The summed E-state index contributed by atoms with van der Waals surface area (Å²) in [6.45, 7) is 6.28. The van der Waals surface area contributed by atoms with Crippen molar-refractivity contribution in [2.75, 3.05) is 45.7 Å². The van der Waals surface area contributed by atoms with Crippen LogP contribution in [0, 0.1) is 0 Å². The van der Waals surface area contributed by atoms with Gasteiger partial charge in [0, 0.05) is 19.0 Å².